The molecule has 1 aromatic rings. The molecule has 0 aliphatic carbocycles. The first-order chi connectivity index (χ1) is 6.79. The van der Waals surface area contributed by atoms with Crippen molar-refractivity contribution in [1.29, 1.82) is 0 Å². The predicted octanol–water partition coefficient (Wildman–Crippen LogP) is 0.476. The van der Waals surface area contributed by atoms with Crippen LogP contribution in [-0.2, 0) is 6.54 Å². The summed E-state index contributed by atoms with van der Waals surface area (Å²) >= 11 is 0. The SMILES string of the molecule is CB(O)NCCNCc1ccccc1. The number of hydrogen-bond acceptors (Lipinski definition) is 3. The van der Waals surface area contributed by atoms with Gasteiger partial charge in [0.15, 0.2) is 0 Å². The zero-order chi connectivity index (χ0) is 10.2. The Morgan fingerprint density at radius 1 is 1.21 bits per heavy atom. The first-order valence-electron chi connectivity index (χ1n) is 4.95. The van der Waals surface area contributed by atoms with Gasteiger partial charge in [-0.05, 0) is 18.9 Å². The van der Waals surface area contributed by atoms with Crippen molar-refractivity contribution in [2.24, 2.45) is 0 Å². The fourth-order valence-corrected chi connectivity index (χ4v) is 1.20. The zero-order valence-corrected chi connectivity index (χ0v) is 8.53. The highest BCUT2D eigenvalue weighted by molar-refractivity contribution is 6.45. The van der Waals surface area contributed by atoms with Gasteiger partial charge in [0.1, 0.15) is 0 Å². The van der Waals surface area contributed by atoms with Crippen molar-refractivity contribution in [1.82, 2.24) is 10.5 Å². The topological polar surface area (TPSA) is 44.3 Å². The Bertz CT molecular complexity index is 241. The van der Waals surface area contributed by atoms with Gasteiger partial charge in [0, 0.05) is 13.1 Å². The van der Waals surface area contributed by atoms with Gasteiger partial charge < -0.3 is 15.6 Å². The Kier molecular flexibility index (Phi) is 5.29. The zero-order valence-electron chi connectivity index (χ0n) is 8.53. The number of hydrogen-bond donors (Lipinski definition) is 3. The van der Waals surface area contributed by atoms with Crippen LogP contribution in [0.15, 0.2) is 30.3 Å². The average Bonchev–Trinajstić information content (AvgIpc) is 2.18. The molecule has 0 saturated carbocycles. The molecular formula is C10H17BN2O. The quantitative estimate of drug-likeness (QED) is 0.453. The highest BCUT2D eigenvalue weighted by Gasteiger charge is 1.98. The van der Waals surface area contributed by atoms with E-state index in [0.717, 1.165) is 19.6 Å². The number of nitrogens with one attached hydrogen (secondary N) is 2. The molecule has 0 atom stereocenters. The molecule has 1 aromatic carbocycles. The van der Waals surface area contributed by atoms with Gasteiger partial charge in [0.05, 0.1) is 0 Å². The van der Waals surface area contributed by atoms with Crippen molar-refractivity contribution in [3.63, 3.8) is 0 Å². The Labute approximate surface area is 85.7 Å². The minimum atomic E-state index is -0.423. The molecule has 0 radical (unpaired) electrons. The maximum absolute atomic E-state index is 8.93. The van der Waals surface area contributed by atoms with Gasteiger partial charge >= 0.3 is 7.05 Å². The third-order valence-electron chi connectivity index (χ3n) is 1.91. The molecule has 0 amide bonds. The summed E-state index contributed by atoms with van der Waals surface area (Å²) in [4.78, 5) is 0. The Morgan fingerprint density at radius 2 is 1.93 bits per heavy atom. The fraction of sp³-hybridized carbons (Fsp3) is 0.400. The first-order valence-corrected chi connectivity index (χ1v) is 4.95. The lowest BCUT2D eigenvalue weighted by Crippen LogP contribution is -2.36. The van der Waals surface area contributed by atoms with Gasteiger partial charge in [-0.3, -0.25) is 0 Å². The number of rotatable bonds is 6. The van der Waals surface area contributed by atoms with Gasteiger partial charge in [-0.15, -0.1) is 0 Å². The third-order valence-corrected chi connectivity index (χ3v) is 1.91. The van der Waals surface area contributed by atoms with Crippen LogP contribution in [0.1, 0.15) is 5.56 Å². The molecule has 0 fully saturated rings. The van der Waals surface area contributed by atoms with Crippen molar-refractivity contribution in [2.45, 2.75) is 13.4 Å². The second-order valence-electron chi connectivity index (χ2n) is 3.29. The van der Waals surface area contributed by atoms with Crippen LogP contribution in [0, 0.1) is 0 Å². The van der Waals surface area contributed by atoms with Gasteiger partial charge in [0.25, 0.3) is 0 Å². The predicted molar refractivity (Wildman–Crippen MR) is 60.0 cm³/mol. The van der Waals surface area contributed by atoms with E-state index >= 15 is 0 Å². The summed E-state index contributed by atoms with van der Waals surface area (Å²) in [6.07, 6.45) is 0. The van der Waals surface area contributed by atoms with E-state index in [1.165, 1.54) is 5.56 Å². The van der Waals surface area contributed by atoms with Crippen LogP contribution in [0.3, 0.4) is 0 Å². The minimum Gasteiger partial charge on any atom is -0.437 e. The summed E-state index contributed by atoms with van der Waals surface area (Å²) in [5.41, 5.74) is 1.28. The van der Waals surface area contributed by atoms with Crippen molar-refractivity contribution < 1.29 is 5.02 Å². The van der Waals surface area contributed by atoms with Gasteiger partial charge in [-0.2, -0.15) is 0 Å². The molecule has 0 unspecified atom stereocenters. The van der Waals surface area contributed by atoms with E-state index in [0.29, 0.717) is 0 Å². The van der Waals surface area contributed by atoms with Gasteiger partial charge in [-0.1, -0.05) is 30.3 Å². The van der Waals surface area contributed by atoms with Crippen molar-refractivity contribution in [2.75, 3.05) is 13.1 Å². The maximum atomic E-state index is 8.93. The summed E-state index contributed by atoms with van der Waals surface area (Å²) in [6.45, 7) is 4.24. The van der Waals surface area contributed by atoms with Crippen LogP contribution in [-0.4, -0.2) is 25.2 Å². The molecule has 3 nitrogen and oxygen atoms in total. The largest absolute Gasteiger partial charge is 0.437 e. The van der Waals surface area contributed by atoms with Crippen molar-refractivity contribution >= 4 is 7.05 Å². The van der Waals surface area contributed by atoms with E-state index in [-0.39, 0.29) is 0 Å². The van der Waals surface area contributed by atoms with E-state index in [9.17, 15) is 0 Å². The minimum absolute atomic E-state index is 0.423. The fourth-order valence-electron chi connectivity index (χ4n) is 1.20. The first kappa shape index (κ1) is 11.2. The molecule has 14 heavy (non-hydrogen) atoms. The molecule has 0 aromatic heterocycles. The molecule has 0 aliphatic rings. The van der Waals surface area contributed by atoms with Crippen molar-refractivity contribution in [3.05, 3.63) is 35.9 Å². The second kappa shape index (κ2) is 6.59. The lowest BCUT2D eigenvalue weighted by Gasteiger charge is -2.06. The summed E-state index contributed by atoms with van der Waals surface area (Å²) in [5.74, 6) is 0. The molecule has 0 spiro atoms. The van der Waals surface area contributed by atoms with Crippen LogP contribution in [0.2, 0.25) is 6.82 Å². The molecule has 0 saturated heterocycles. The highest BCUT2D eigenvalue weighted by atomic mass is 16.2. The monoisotopic (exact) mass is 192 g/mol. The molecule has 0 heterocycles. The molecular weight excluding hydrogens is 175 g/mol. The average molecular weight is 192 g/mol. The molecule has 1 rings (SSSR count). The Balaban J connectivity index is 2.05. The highest BCUT2D eigenvalue weighted by Crippen LogP contribution is 1.96. The summed E-state index contributed by atoms with van der Waals surface area (Å²) in [7, 11) is -0.423. The van der Waals surface area contributed by atoms with Crippen LogP contribution >= 0.6 is 0 Å². The smallest absolute Gasteiger partial charge is 0.373 e. The Morgan fingerprint density at radius 3 is 2.57 bits per heavy atom. The standard InChI is InChI=1S/C10H17BN2O/c1-11(14)13-8-7-12-9-10-5-3-2-4-6-10/h2-6,12-14H,7-9H2,1H3. The van der Waals surface area contributed by atoms with Crippen molar-refractivity contribution in [3.8, 4) is 0 Å². The molecule has 4 heteroatoms. The maximum Gasteiger partial charge on any atom is 0.373 e. The van der Waals surface area contributed by atoms with E-state index in [2.05, 4.69) is 22.7 Å². The van der Waals surface area contributed by atoms with Crippen LogP contribution in [0.25, 0.3) is 0 Å². The summed E-state index contributed by atoms with van der Waals surface area (Å²) < 4.78 is 0. The lowest BCUT2D eigenvalue weighted by atomic mass is 9.89. The van der Waals surface area contributed by atoms with Crippen LogP contribution in [0.5, 0.6) is 0 Å². The molecule has 3 N–H and O–H groups in total. The van der Waals surface area contributed by atoms with E-state index in [1.54, 1.807) is 6.82 Å². The van der Waals surface area contributed by atoms with E-state index < -0.39 is 7.05 Å². The van der Waals surface area contributed by atoms with E-state index in [1.807, 2.05) is 18.2 Å². The summed E-state index contributed by atoms with van der Waals surface area (Å²) in [5, 5.41) is 15.1. The van der Waals surface area contributed by atoms with Crippen LogP contribution in [0.4, 0.5) is 0 Å². The van der Waals surface area contributed by atoms with Gasteiger partial charge in [-0.25, -0.2) is 0 Å². The summed E-state index contributed by atoms with van der Waals surface area (Å²) in [6, 6.07) is 10.3. The van der Waals surface area contributed by atoms with Gasteiger partial charge in [0.2, 0.25) is 0 Å². The number of benzene rings is 1. The normalized spacial score (nSPS) is 10.1. The second-order valence-corrected chi connectivity index (χ2v) is 3.29. The van der Waals surface area contributed by atoms with E-state index in [4.69, 9.17) is 5.02 Å². The van der Waals surface area contributed by atoms with Crippen LogP contribution < -0.4 is 10.5 Å². The third kappa shape index (κ3) is 5.02. The molecule has 76 valence electrons. The molecule has 0 bridgehead atoms. The molecule has 0 aliphatic heterocycles. The Hall–Kier alpha value is -0.835. The lowest BCUT2D eigenvalue weighted by molar-refractivity contribution is 0.548.